The van der Waals surface area contributed by atoms with Gasteiger partial charge in [-0.3, -0.25) is 9.10 Å². The second kappa shape index (κ2) is 7.63. The van der Waals surface area contributed by atoms with Crippen LogP contribution in [0.3, 0.4) is 0 Å². The summed E-state index contributed by atoms with van der Waals surface area (Å²) < 4.78 is 62.9. The molecular weight excluding hydrogens is 394 g/mol. The third-order valence-electron chi connectivity index (χ3n) is 4.06. The highest BCUT2D eigenvalue weighted by Gasteiger charge is 2.30. The van der Waals surface area contributed by atoms with E-state index in [1.165, 1.54) is 25.1 Å². The Labute approximate surface area is 160 Å². The number of carbonyl (C=O) groups is 1. The predicted molar refractivity (Wildman–Crippen MR) is 99.2 cm³/mol. The van der Waals surface area contributed by atoms with Crippen molar-refractivity contribution in [1.82, 2.24) is 0 Å². The molecule has 0 aromatic heterocycles. The van der Waals surface area contributed by atoms with E-state index < -0.39 is 33.6 Å². The Hall–Kier alpha value is -2.88. The summed E-state index contributed by atoms with van der Waals surface area (Å²) in [5.41, 5.74) is 0.214. The third kappa shape index (κ3) is 4.16. The fourth-order valence-corrected chi connectivity index (χ4v) is 3.97. The van der Waals surface area contributed by atoms with Gasteiger partial charge in [0.1, 0.15) is 19.3 Å². The number of nitrogens with one attached hydrogen (secondary N) is 1. The maximum absolute atomic E-state index is 13.3. The molecule has 0 unspecified atom stereocenters. The highest BCUT2D eigenvalue weighted by atomic mass is 32.2. The molecule has 3 rings (SSSR count). The first-order valence-electron chi connectivity index (χ1n) is 8.32. The van der Waals surface area contributed by atoms with E-state index in [-0.39, 0.29) is 11.4 Å². The number of hydrogen-bond acceptors (Lipinski definition) is 5. The van der Waals surface area contributed by atoms with Crippen molar-refractivity contribution in [2.75, 3.05) is 29.1 Å². The van der Waals surface area contributed by atoms with Crippen LogP contribution in [0.5, 0.6) is 11.5 Å². The van der Waals surface area contributed by atoms with Crippen molar-refractivity contribution in [3.8, 4) is 11.5 Å². The summed E-state index contributed by atoms with van der Waals surface area (Å²) in [5.74, 6) is -2.06. The molecule has 0 radical (unpaired) electrons. The average molecular weight is 412 g/mol. The quantitative estimate of drug-likeness (QED) is 0.816. The maximum Gasteiger partial charge on any atom is 0.247 e. The van der Waals surface area contributed by atoms with E-state index in [1.807, 2.05) is 0 Å². The van der Waals surface area contributed by atoms with Gasteiger partial charge in [-0.15, -0.1) is 0 Å². The number of carbonyl (C=O) groups excluding carboxylic acids is 1. The Morgan fingerprint density at radius 1 is 1.07 bits per heavy atom. The minimum Gasteiger partial charge on any atom is -0.486 e. The molecule has 0 saturated heterocycles. The van der Waals surface area contributed by atoms with Gasteiger partial charge in [0, 0.05) is 17.8 Å². The molecule has 2 aromatic carbocycles. The Morgan fingerprint density at radius 2 is 1.75 bits per heavy atom. The summed E-state index contributed by atoms with van der Waals surface area (Å²) in [7, 11) is -3.85. The molecule has 0 fully saturated rings. The Kier molecular flexibility index (Phi) is 5.41. The molecule has 1 heterocycles. The molecule has 0 bridgehead atoms. The zero-order valence-corrected chi connectivity index (χ0v) is 15.9. The number of fused-ring (bicyclic) bond motifs is 1. The largest absolute Gasteiger partial charge is 0.486 e. The van der Waals surface area contributed by atoms with E-state index >= 15 is 0 Å². The molecule has 0 aliphatic carbocycles. The number of amides is 1. The first-order chi connectivity index (χ1) is 13.2. The topological polar surface area (TPSA) is 84.9 Å². The first-order valence-corrected chi connectivity index (χ1v) is 10.2. The molecule has 2 aromatic rings. The maximum atomic E-state index is 13.3. The summed E-state index contributed by atoms with van der Waals surface area (Å²) in [6.07, 6.45) is 0.963. The number of sulfonamides is 1. The molecule has 1 atom stereocenters. The second-order valence-corrected chi connectivity index (χ2v) is 8.04. The van der Waals surface area contributed by atoms with Crippen LogP contribution in [0.25, 0.3) is 0 Å². The molecule has 28 heavy (non-hydrogen) atoms. The van der Waals surface area contributed by atoms with Crippen molar-refractivity contribution in [3.05, 3.63) is 48.0 Å². The minimum absolute atomic E-state index is 0.00590. The molecule has 10 heteroatoms. The number of nitrogens with zero attached hydrogens (tertiary/aromatic N) is 1. The van der Waals surface area contributed by atoms with Crippen LogP contribution in [0.4, 0.5) is 20.2 Å². The van der Waals surface area contributed by atoms with Gasteiger partial charge in [-0.1, -0.05) is 0 Å². The van der Waals surface area contributed by atoms with Crippen molar-refractivity contribution in [1.29, 1.82) is 0 Å². The lowest BCUT2D eigenvalue weighted by molar-refractivity contribution is -0.116. The smallest absolute Gasteiger partial charge is 0.247 e. The van der Waals surface area contributed by atoms with Gasteiger partial charge in [0.05, 0.1) is 11.9 Å². The second-order valence-electron chi connectivity index (χ2n) is 6.18. The van der Waals surface area contributed by atoms with Crippen molar-refractivity contribution >= 4 is 27.3 Å². The van der Waals surface area contributed by atoms with Crippen LogP contribution in [0.1, 0.15) is 6.92 Å². The van der Waals surface area contributed by atoms with Gasteiger partial charge < -0.3 is 14.8 Å². The average Bonchev–Trinajstić information content (AvgIpc) is 2.63. The normalized spacial score (nSPS) is 14.3. The van der Waals surface area contributed by atoms with Crippen LogP contribution in [-0.4, -0.2) is 39.8 Å². The lowest BCUT2D eigenvalue weighted by atomic mass is 10.2. The minimum atomic E-state index is -3.85. The highest BCUT2D eigenvalue weighted by molar-refractivity contribution is 7.92. The van der Waals surface area contributed by atoms with Crippen LogP contribution in [0.15, 0.2) is 36.4 Å². The fourth-order valence-electron chi connectivity index (χ4n) is 2.80. The SMILES string of the molecule is C[C@H](C(=O)Nc1ccc(F)c(F)c1)N(c1ccc2c(c1)OCCO2)S(C)(=O)=O. The van der Waals surface area contributed by atoms with Crippen LogP contribution >= 0.6 is 0 Å². The van der Waals surface area contributed by atoms with E-state index in [0.29, 0.717) is 24.7 Å². The molecule has 0 saturated carbocycles. The summed E-state index contributed by atoms with van der Waals surface area (Å²) in [6, 6.07) is 6.21. The molecule has 150 valence electrons. The van der Waals surface area contributed by atoms with Crippen LogP contribution < -0.4 is 19.1 Å². The van der Waals surface area contributed by atoms with Crippen molar-refractivity contribution in [2.45, 2.75) is 13.0 Å². The number of ether oxygens (including phenoxy) is 2. The van der Waals surface area contributed by atoms with E-state index in [4.69, 9.17) is 9.47 Å². The Balaban J connectivity index is 1.89. The Bertz CT molecular complexity index is 1010. The van der Waals surface area contributed by atoms with Gasteiger partial charge in [-0.25, -0.2) is 17.2 Å². The molecule has 0 spiro atoms. The molecule has 1 N–H and O–H groups in total. The molecular formula is C18H18F2N2O5S. The highest BCUT2D eigenvalue weighted by Crippen LogP contribution is 2.35. The van der Waals surface area contributed by atoms with Gasteiger partial charge in [-0.05, 0) is 31.2 Å². The third-order valence-corrected chi connectivity index (χ3v) is 5.30. The molecule has 1 aliphatic rings. The number of hydrogen-bond donors (Lipinski definition) is 1. The fraction of sp³-hybridized carbons (Fsp3) is 0.278. The number of rotatable bonds is 5. The molecule has 7 nitrogen and oxygen atoms in total. The predicted octanol–water partition coefficient (Wildman–Crippen LogP) is 2.53. The number of benzene rings is 2. The van der Waals surface area contributed by atoms with Gasteiger partial charge >= 0.3 is 0 Å². The van der Waals surface area contributed by atoms with Crippen LogP contribution in [0.2, 0.25) is 0 Å². The summed E-state index contributed by atoms with van der Waals surface area (Å²) in [4.78, 5) is 12.6. The molecule has 1 aliphatic heterocycles. The zero-order valence-electron chi connectivity index (χ0n) is 15.1. The lowest BCUT2D eigenvalue weighted by Crippen LogP contribution is -2.45. The van der Waals surface area contributed by atoms with Crippen molar-refractivity contribution in [2.24, 2.45) is 0 Å². The van der Waals surface area contributed by atoms with Gasteiger partial charge in [0.2, 0.25) is 15.9 Å². The van der Waals surface area contributed by atoms with Crippen LogP contribution in [-0.2, 0) is 14.8 Å². The van der Waals surface area contributed by atoms with Crippen molar-refractivity contribution < 1.29 is 31.5 Å². The van der Waals surface area contributed by atoms with Crippen molar-refractivity contribution in [3.63, 3.8) is 0 Å². The Morgan fingerprint density at radius 3 is 2.39 bits per heavy atom. The zero-order chi connectivity index (χ0) is 20.5. The first kappa shape index (κ1) is 19.9. The number of halogens is 2. The van der Waals surface area contributed by atoms with E-state index in [0.717, 1.165) is 22.7 Å². The van der Waals surface area contributed by atoms with E-state index in [2.05, 4.69) is 5.32 Å². The monoisotopic (exact) mass is 412 g/mol. The summed E-state index contributed by atoms with van der Waals surface area (Å²) in [5, 5.41) is 2.39. The van der Waals surface area contributed by atoms with Gasteiger partial charge in [0.15, 0.2) is 23.1 Å². The molecule has 1 amide bonds. The van der Waals surface area contributed by atoms with E-state index in [9.17, 15) is 22.0 Å². The van der Waals surface area contributed by atoms with Gasteiger partial charge in [0.25, 0.3) is 0 Å². The summed E-state index contributed by atoms with van der Waals surface area (Å²) in [6.45, 7) is 2.09. The van der Waals surface area contributed by atoms with Crippen LogP contribution in [0, 0.1) is 11.6 Å². The summed E-state index contributed by atoms with van der Waals surface area (Å²) >= 11 is 0. The van der Waals surface area contributed by atoms with Gasteiger partial charge in [-0.2, -0.15) is 0 Å². The lowest BCUT2D eigenvalue weighted by Gasteiger charge is -2.29. The standard InChI is InChI=1S/C18H18F2N2O5S/c1-11(18(23)21-12-3-5-14(19)15(20)9-12)22(28(2,24)25)13-4-6-16-17(10-13)27-8-7-26-16/h3-6,9-11H,7-8H2,1-2H3,(H,21,23)/t11-/m1/s1. The van der Waals surface area contributed by atoms with E-state index in [1.54, 1.807) is 6.07 Å². The number of anilines is 2.